The Balaban J connectivity index is 1.49. The van der Waals surface area contributed by atoms with Crippen LogP contribution in [0.25, 0.3) is 0 Å². The molecule has 0 aliphatic carbocycles. The largest absolute Gasteiger partial charge is 0.497 e. The summed E-state index contributed by atoms with van der Waals surface area (Å²) in [7, 11) is 1.75. The topological polar surface area (TPSA) is 24.5 Å². The molecule has 5 rings (SSSR count). The highest BCUT2D eigenvalue weighted by Gasteiger charge is 2.44. The molecular formula is C20H22N2O. The van der Waals surface area contributed by atoms with Crippen LogP contribution < -0.4 is 10.1 Å². The Morgan fingerprint density at radius 1 is 1.09 bits per heavy atom. The minimum Gasteiger partial charge on any atom is -0.497 e. The number of piperidine rings is 1. The highest BCUT2D eigenvalue weighted by Crippen LogP contribution is 2.46. The maximum Gasteiger partial charge on any atom is 0.119 e. The van der Waals surface area contributed by atoms with Crippen LogP contribution in [0, 0.1) is 0 Å². The number of rotatable bonds is 1. The number of hydrogen-bond donors (Lipinski definition) is 1. The van der Waals surface area contributed by atoms with Crippen LogP contribution in [0.4, 0.5) is 5.69 Å². The maximum absolute atomic E-state index is 5.42. The van der Waals surface area contributed by atoms with Gasteiger partial charge in [-0.25, -0.2) is 0 Å². The van der Waals surface area contributed by atoms with E-state index < -0.39 is 0 Å². The van der Waals surface area contributed by atoms with Crippen molar-refractivity contribution in [2.24, 2.45) is 0 Å². The van der Waals surface area contributed by atoms with Crippen LogP contribution in [0.2, 0.25) is 0 Å². The van der Waals surface area contributed by atoms with Crippen molar-refractivity contribution < 1.29 is 4.74 Å². The summed E-state index contributed by atoms with van der Waals surface area (Å²) in [5, 5.41) is 3.79. The minimum atomic E-state index is 0.450. The summed E-state index contributed by atoms with van der Waals surface area (Å²) in [5.41, 5.74) is 5.77. The molecule has 0 unspecified atom stereocenters. The summed E-state index contributed by atoms with van der Waals surface area (Å²) in [5.74, 6) is 1.60. The monoisotopic (exact) mass is 306 g/mol. The number of hydrogen-bond acceptors (Lipinski definition) is 3. The predicted octanol–water partition coefficient (Wildman–Crippen LogP) is 3.75. The van der Waals surface area contributed by atoms with Gasteiger partial charge in [0.1, 0.15) is 5.75 Å². The fourth-order valence-corrected chi connectivity index (χ4v) is 4.75. The average Bonchev–Trinajstić information content (AvgIpc) is 2.98. The molecule has 2 aromatic carbocycles. The van der Waals surface area contributed by atoms with Crippen LogP contribution in [-0.4, -0.2) is 24.2 Å². The summed E-state index contributed by atoms with van der Waals surface area (Å²) in [4.78, 5) is 2.69. The van der Waals surface area contributed by atoms with Gasteiger partial charge in [-0.3, -0.25) is 4.90 Å². The van der Waals surface area contributed by atoms with Gasteiger partial charge in [-0.15, -0.1) is 0 Å². The van der Waals surface area contributed by atoms with E-state index in [4.69, 9.17) is 4.74 Å². The van der Waals surface area contributed by atoms with Crippen molar-refractivity contribution in [3.63, 3.8) is 0 Å². The summed E-state index contributed by atoms with van der Waals surface area (Å²) >= 11 is 0. The molecule has 0 spiro atoms. The molecule has 3 heteroatoms. The van der Waals surface area contributed by atoms with Gasteiger partial charge in [0.05, 0.1) is 13.3 Å². The molecule has 3 heterocycles. The Hall–Kier alpha value is -2.00. The predicted molar refractivity (Wildman–Crippen MR) is 91.9 cm³/mol. The van der Waals surface area contributed by atoms with Crippen molar-refractivity contribution in [2.75, 3.05) is 12.4 Å². The van der Waals surface area contributed by atoms with Gasteiger partial charge in [0.25, 0.3) is 0 Å². The Labute approximate surface area is 137 Å². The molecule has 3 aliphatic rings. The van der Waals surface area contributed by atoms with Crippen molar-refractivity contribution in [3.05, 3.63) is 59.2 Å². The summed E-state index contributed by atoms with van der Waals surface area (Å²) < 4.78 is 5.42. The van der Waals surface area contributed by atoms with Crippen molar-refractivity contribution >= 4 is 5.69 Å². The van der Waals surface area contributed by atoms with Crippen LogP contribution in [0.3, 0.4) is 0 Å². The van der Waals surface area contributed by atoms with Gasteiger partial charge in [-0.2, -0.15) is 0 Å². The first kappa shape index (κ1) is 13.4. The number of nitrogens with zero attached hydrogens (tertiary/aromatic N) is 1. The Morgan fingerprint density at radius 2 is 2.00 bits per heavy atom. The van der Waals surface area contributed by atoms with E-state index in [0.29, 0.717) is 18.1 Å². The van der Waals surface area contributed by atoms with Crippen LogP contribution in [0.5, 0.6) is 5.75 Å². The van der Waals surface area contributed by atoms with Crippen molar-refractivity contribution in [3.8, 4) is 5.75 Å². The zero-order valence-corrected chi connectivity index (χ0v) is 13.5. The lowest BCUT2D eigenvalue weighted by Crippen LogP contribution is -2.53. The van der Waals surface area contributed by atoms with Crippen molar-refractivity contribution in [1.82, 2.24) is 4.90 Å². The quantitative estimate of drug-likeness (QED) is 0.868. The molecule has 3 atom stereocenters. The van der Waals surface area contributed by atoms with E-state index in [1.807, 2.05) is 0 Å². The van der Waals surface area contributed by atoms with Crippen LogP contribution >= 0.6 is 0 Å². The second-order valence-electron chi connectivity index (χ2n) is 7.03. The average molecular weight is 306 g/mol. The minimum absolute atomic E-state index is 0.450. The first-order valence-corrected chi connectivity index (χ1v) is 8.60. The van der Waals surface area contributed by atoms with Gasteiger partial charge in [0.15, 0.2) is 0 Å². The molecule has 0 bridgehead atoms. The van der Waals surface area contributed by atoms with Gasteiger partial charge in [-0.1, -0.05) is 24.3 Å². The molecule has 118 valence electrons. The van der Waals surface area contributed by atoms with Gasteiger partial charge in [-0.05, 0) is 54.2 Å². The molecule has 1 N–H and O–H groups in total. The van der Waals surface area contributed by atoms with Crippen molar-refractivity contribution in [2.45, 2.75) is 43.9 Å². The molecule has 0 saturated carbocycles. The second-order valence-corrected chi connectivity index (χ2v) is 7.03. The SMILES string of the molecule is COc1ccc2c(c1)CN1[C@H](CC[C@H]3c4ccccc4N[C@@H]31)C2. The first-order valence-electron chi connectivity index (χ1n) is 8.60. The number of benzene rings is 2. The molecule has 1 saturated heterocycles. The van der Waals surface area contributed by atoms with Gasteiger partial charge < -0.3 is 10.1 Å². The molecular weight excluding hydrogens is 284 g/mol. The standard InChI is InChI=1S/C20H22N2O/c1-23-16-8-6-13-10-15-7-9-18-17-4-2-3-5-19(17)21-20(18)22(15)12-14(13)11-16/h2-6,8,11,15,18,20-21H,7,9-10,12H2,1H3/t15-,18+,20-/m1/s1. The first-order chi connectivity index (χ1) is 11.3. The molecule has 23 heavy (non-hydrogen) atoms. The molecule has 3 nitrogen and oxygen atoms in total. The highest BCUT2D eigenvalue weighted by atomic mass is 16.5. The van der Waals surface area contributed by atoms with Gasteiger partial charge in [0.2, 0.25) is 0 Å². The fraction of sp³-hybridized carbons (Fsp3) is 0.400. The summed E-state index contributed by atoms with van der Waals surface area (Å²) in [6, 6.07) is 16.1. The lowest BCUT2D eigenvalue weighted by atomic mass is 9.81. The molecule has 0 aromatic heterocycles. The molecule has 0 amide bonds. The lowest BCUT2D eigenvalue weighted by molar-refractivity contribution is 0.0687. The zero-order valence-electron chi connectivity index (χ0n) is 13.5. The van der Waals surface area contributed by atoms with E-state index in [2.05, 4.69) is 52.7 Å². The Morgan fingerprint density at radius 3 is 2.91 bits per heavy atom. The highest BCUT2D eigenvalue weighted by molar-refractivity contribution is 5.59. The maximum atomic E-state index is 5.42. The van der Waals surface area contributed by atoms with E-state index in [0.717, 1.165) is 12.3 Å². The van der Waals surface area contributed by atoms with Crippen LogP contribution in [0.15, 0.2) is 42.5 Å². The number of nitrogens with one attached hydrogen (secondary N) is 1. The molecule has 0 radical (unpaired) electrons. The normalized spacial score (nSPS) is 28.1. The van der Waals surface area contributed by atoms with E-state index in [1.165, 1.54) is 41.6 Å². The summed E-state index contributed by atoms with van der Waals surface area (Å²) in [6.07, 6.45) is 4.20. The number of methoxy groups -OCH3 is 1. The third-order valence-corrected chi connectivity index (χ3v) is 5.90. The van der Waals surface area contributed by atoms with E-state index >= 15 is 0 Å². The van der Waals surface area contributed by atoms with Crippen LogP contribution in [0.1, 0.15) is 35.4 Å². The second kappa shape index (κ2) is 5.00. The smallest absolute Gasteiger partial charge is 0.119 e. The lowest BCUT2D eigenvalue weighted by Gasteiger charge is -2.47. The number of para-hydroxylation sites is 1. The van der Waals surface area contributed by atoms with E-state index in [-0.39, 0.29) is 0 Å². The Kier molecular flexibility index (Phi) is 2.92. The third kappa shape index (κ3) is 1.99. The van der Waals surface area contributed by atoms with Gasteiger partial charge >= 0.3 is 0 Å². The van der Waals surface area contributed by atoms with E-state index in [1.54, 1.807) is 7.11 Å². The zero-order chi connectivity index (χ0) is 15.4. The van der Waals surface area contributed by atoms with Gasteiger partial charge in [0, 0.05) is 24.2 Å². The molecule has 2 aromatic rings. The van der Waals surface area contributed by atoms with Crippen molar-refractivity contribution in [1.29, 1.82) is 0 Å². The van der Waals surface area contributed by atoms with Crippen LogP contribution in [-0.2, 0) is 13.0 Å². The molecule has 1 fully saturated rings. The number of anilines is 1. The summed E-state index contributed by atoms with van der Waals surface area (Å²) in [6.45, 7) is 1.03. The third-order valence-electron chi connectivity index (χ3n) is 5.90. The van der Waals surface area contributed by atoms with E-state index in [9.17, 15) is 0 Å². The molecule has 3 aliphatic heterocycles. The Bertz CT molecular complexity index is 757. The fourth-order valence-electron chi connectivity index (χ4n) is 4.75. The number of ether oxygens (including phenoxy) is 1. The number of fused-ring (bicyclic) bond motifs is 6.